The van der Waals surface area contributed by atoms with Crippen LogP contribution < -0.4 is 10.1 Å². The highest BCUT2D eigenvalue weighted by Gasteiger charge is 2.15. The summed E-state index contributed by atoms with van der Waals surface area (Å²) in [6.45, 7) is -1.06. The van der Waals surface area contributed by atoms with Crippen LogP contribution in [-0.4, -0.2) is 25.1 Å². The standard InChI is InChI=1S/C17H15F2NO4/c1-2-23-16(22)11-7-9-12(10-8-11)20-15(21)13-5-3-4-6-14(13)24-17(18)19/h3-10,17H,2H2,1H3,(H,20,21). The number of halogens is 2. The second-order valence-electron chi connectivity index (χ2n) is 4.63. The number of para-hydroxylation sites is 1. The lowest BCUT2D eigenvalue weighted by Gasteiger charge is -2.11. The van der Waals surface area contributed by atoms with E-state index in [0.717, 1.165) is 0 Å². The molecule has 1 amide bonds. The number of anilines is 1. The van der Waals surface area contributed by atoms with Gasteiger partial charge in [0.05, 0.1) is 17.7 Å². The fraction of sp³-hybridized carbons (Fsp3) is 0.176. The molecule has 0 saturated carbocycles. The number of alkyl halides is 2. The Morgan fingerprint density at radius 2 is 1.75 bits per heavy atom. The van der Waals surface area contributed by atoms with Gasteiger partial charge in [0.1, 0.15) is 5.75 Å². The molecule has 0 bridgehead atoms. The van der Waals surface area contributed by atoms with Crippen molar-refractivity contribution < 1.29 is 27.8 Å². The Labute approximate surface area is 137 Å². The fourth-order valence-corrected chi connectivity index (χ4v) is 1.96. The highest BCUT2D eigenvalue weighted by Crippen LogP contribution is 2.22. The number of hydrogen-bond donors (Lipinski definition) is 1. The Morgan fingerprint density at radius 3 is 2.38 bits per heavy atom. The summed E-state index contributed by atoms with van der Waals surface area (Å²) in [7, 11) is 0. The molecule has 1 N–H and O–H groups in total. The highest BCUT2D eigenvalue weighted by molar-refractivity contribution is 6.06. The number of carbonyl (C=O) groups excluding carboxylic acids is 2. The zero-order chi connectivity index (χ0) is 17.5. The van der Waals surface area contributed by atoms with Crippen LogP contribution in [0.3, 0.4) is 0 Å². The third kappa shape index (κ3) is 4.52. The third-order valence-electron chi connectivity index (χ3n) is 3.00. The Morgan fingerprint density at radius 1 is 1.08 bits per heavy atom. The number of hydrogen-bond acceptors (Lipinski definition) is 4. The number of amides is 1. The molecule has 7 heteroatoms. The van der Waals surface area contributed by atoms with Crippen LogP contribution in [0.5, 0.6) is 5.75 Å². The van der Waals surface area contributed by atoms with Crippen molar-refractivity contribution in [2.24, 2.45) is 0 Å². The predicted octanol–water partition coefficient (Wildman–Crippen LogP) is 3.72. The van der Waals surface area contributed by atoms with Gasteiger partial charge >= 0.3 is 12.6 Å². The van der Waals surface area contributed by atoms with Gasteiger partial charge in [-0.15, -0.1) is 0 Å². The van der Waals surface area contributed by atoms with Gasteiger partial charge in [0.25, 0.3) is 5.91 Å². The first-order valence-corrected chi connectivity index (χ1v) is 7.13. The minimum Gasteiger partial charge on any atom is -0.462 e. The van der Waals surface area contributed by atoms with Crippen molar-refractivity contribution in [3.63, 3.8) is 0 Å². The van der Waals surface area contributed by atoms with Crippen LogP contribution in [0.4, 0.5) is 14.5 Å². The van der Waals surface area contributed by atoms with E-state index in [9.17, 15) is 18.4 Å². The maximum Gasteiger partial charge on any atom is 0.387 e. The normalized spacial score (nSPS) is 10.3. The van der Waals surface area contributed by atoms with E-state index in [1.807, 2.05) is 0 Å². The van der Waals surface area contributed by atoms with Gasteiger partial charge in [-0.3, -0.25) is 4.79 Å². The maximum atomic E-state index is 12.4. The average Bonchev–Trinajstić information content (AvgIpc) is 2.55. The van der Waals surface area contributed by atoms with Gasteiger partial charge < -0.3 is 14.8 Å². The quantitative estimate of drug-likeness (QED) is 0.817. The first-order chi connectivity index (χ1) is 11.5. The molecule has 0 fully saturated rings. The Balaban J connectivity index is 2.11. The lowest BCUT2D eigenvalue weighted by molar-refractivity contribution is -0.0501. The van der Waals surface area contributed by atoms with Crippen molar-refractivity contribution in [3.8, 4) is 5.75 Å². The van der Waals surface area contributed by atoms with Crippen LogP contribution in [0, 0.1) is 0 Å². The summed E-state index contributed by atoms with van der Waals surface area (Å²) < 4.78 is 33.9. The molecule has 2 aromatic carbocycles. The monoisotopic (exact) mass is 335 g/mol. The molecule has 126 valence electrons. The number of ether oxygens (including phenoxy) is 2. The summed E-state index contributed by atoms with van der Waals surface area (Å²) >= 11 is 0. The minimum absolute atomic E-state index is 0.0210. The number of nitrogens with one attached hydrogen (secondary N) is 1. The molecule has 2 rings (SSSR count). The molecule has 0 spiro atoms. The van der Waals surface area contributed by atoms with Crippen molar-refractivity contribution >= 4 is 17.6 Å². The summed E-state index contributed by atoms with van der Waals surface area (Å²) in [6.07, 6.45) is 0. The molecule has 5 nitrogen and oxygen atoms in total. The lowest BCUT2D eigenvalue weighted by Crippen LogP contribution is -2.15. The molecule has 0 unspecified atom stereocenters. The first-order valence-electron chi connectivity index (χ1n) is 7.13. The second kappa shape index (κ2) is 8.05. The zero-order valence-electron chi connectivity index (χ0n) is 12.8. The molecule has 0 radical (unpaired) electrons. The molecule has 0 heterocycles. The van der Waals surface area contributed by atoms with Crippen molar-refractivity contribution in [1.82, 2.24) is 0 Å². The van der Waals surface area contributed by atoms with E-state index in [2.05, 4.69) is 10.1 Å². The van der Waals surface area contributed by atoms with Crippen LogP contribution in [0.1, 0.15) is 27.6 Å². The molecule has 0 aliphatic heterocycles. The van der Waals surface area contributed by atoms with Gasteiger partial charge in [-0.05, 0) is 43.3 Å². The van der Waals surface area contributed by atoms with Crippen LogP contribution in [0.25, 0.3) is 0 Å². The number of rotatable bonds is 6. The Bertz CT molecular complexity index is 717. The summed E-state index contributed by atoms with van der Waals surface area (Å²) in [4.78, 5) is 23.8. The Kier molecular flexibility index (Phi) is 5.83. The van der Waals surface area contributed by atoms with E-state index in [0.29, 0.717) is 11.3 Å². The van der Waals surface area contributed by atoms with Crippen molar-refractivity contribution in [3.05, 3.63) is 59.7 Å². The first kappa shape index (κ1) is 17.4. The van der Waals surface area contributed by atoms with Gasteiger partial charge in [0.15, 0.2) is 0 Å². The molecule has 2 aromatic rings. The van der Waals surface area contributed by atoms with E-state index in [-0.39, 0.29) is 17.9 Å². The van der Waals surface area contributed by atoms with E-state index in [1.165, 1.54) is 48.5 Å². The van der Waals surface area contributed by atoms with Crippen molar-refractivity contribution in [1.29, 1.82) is 0 Å². The van der Waals surface area contributed by atoms with E-state index in [4.69, 9.17) is 4.74 Å². The van der Waals surface area contributed by atoms with E-state index < -0.39 is 18.5 Å². The summed E-state index contributed by atoms with van der Waals surface area (Å²) in [6, 6.07) is 11.7. The molecule has 0 aliphatic carbocycles. The second-order valence-corrected chi connectivity index (χ2v) is 4.63. The number of benzene rings is 2. The van der Waals surface area contributed by atoms with Crippen molar-refractivity contribution in [2.75, 3.05) is 11.9 Å². The maximum absolute atomic E-state index is 12.4. The minimum atomic E-state index is -3.03. The smallest absolute Gasteiger partial charge is 0.387 e. The van der Waals surface area contributed by atoms with Crippen LogP contribution in [0.15, 0.2) is 48.5 Å². The Hall–Kier alpha value is -2.96. The molecule has 0 aliphatic rings. The summed E-state index contributed by atoms with van der Waals surface area (Å²) in [5, 5.41) is 2.55. The molecular formula is C17H15F2NO4. The topological polar surface area (TPSA) is 64.6 Å². The van der Waals surface area contributed by atoms with Crippen LogP contribution >= 0.6 is 0 Å². The largest absolute Gasteiger partial charge is 0.462 e. The van der Waals surface area contributed by atoms with E-state index >= 15 is 0 Å². The number of esters is 1. The number of carbonyl (C=O) groups is 2. The molecule has 0 atom stereocenters. The third-order valence-corrected chi connectivity index (χ3v) is 3.00. The van der Waals surface area contributed by atoms with Gasteiger partial charge in [-0.25, -0.2) is 4.79 Å². The molecule has 24 heavy (non-hydrogen) atoms. The molecular weight excluding hydrogens is 320 g/mol. The van der Waals surface area contributed by atoms with Gasteiger partial charge in [-0.2, -0.15) is 8.78 Å². The summed E-state index contributed by atoms with van der Waals surface area (Å²) in [5.74, 6) is -1.28. The lowest BCUT2D eigenvalue weighted by atomic mass is 10.1. The summed E-state index contributed by atoms with van der Waals surface area (Å²) in [5.41, 5.74) is 0.725. The van der Waals surface area contributed by atoms with Crippen LogP contribution in [0.2, 0.25) is 0 Å². The fourth-order valence-electron chi connectivity index (χ4n) is 1.96. The van der Waals surface area contributed by atoms with Gasteiger partial charge in [-0.1, -0.05) is 12.1 Å². The van der Waals surface area contributed by atoms with Gasteiger partial charge in [0.2, 0.25) is 0 Å². The van der Waals surface area contributed by atoms with Crippen molar-refractivity contribution in [2.45, 2.75) is 13.5 Å². The average molecular weight is 335 g/mol. The zero-order valence-corrected chi connectivity index (χ0v) is 12.8. The predicted molar refractivity (Wildman–Crippen MR) is 83.4 cm³/mol. The molecule has 0 saturated heterocycles. The highest BCUT2D eigenvalue weighted by atomic mass is 19.3. The van der Waals surface area contributed by atoms with Crippen LogP contribution in [-0.2, 0) is 4.74 Å². The molecule has 0 aromatic heterocycles. The van der Waals surface area contributed by atoms with Gasteiger partial charge in [0, 0.05) is 5.69 Å². The SMILES string of the molecule is CCOC(=O)c1ccc(NC(=O)c2ccccc2OC(F)F)cc1. The van der Waals surface area contributed by atoms with E-state index in [1.54, 1.807) is 6.92 Å².